The lowest BCUT2D eigenvalue weighted by Crippen LogP contribution is -2.09. The molecule has 1 heterocycles. The van der Waals surface area contributed by atoms with Crippen LogP contribution in [0.15, 0.2) is 48.5 Å². The van der Waals surface area contributed by atoms with Crippen molar-refractivity contribution in [3.63, 3.8) is 0 Å². The molecule has 0 bridgehead atoms. The number of hydrogen-bond acceptors (Lipinski definition) is 2. The van der Waals surface area contributed by atoms with Crippen molar-refractivity contribution in [3.05, 3.63) is 65.5 Å². The van der Waals surface area contributed by atoms with Crippen LogP contribution in [0.3, 0.4) is 0 Å². The van der Waals surface area contributed by atoms with E-state index in [0.29, 0.717) is 16.8 Å². The minimum absolute atomic E-state index is 0.233. The molecule has 0 saturated carbocycles. The summed E-state index contributed by atoms with van der Waals surface area (Å²) in [4.78, 5) is 12.0. The molecule has 1 aliphatic heterocycles. The van der Waals surface area contributed by atoms with Gasteiger partial charge in [-0.15, -0.1) is 0 Å². The van der Waals surface area contributed by atoms with Crippen LogP contribution in [0, 0.1) is 5.82 Å². The first-order chi connectivity index (χ1) is 9.16. The maximum absolute atomic E-state index is 12.9. The van der Waals surface area contributed by atoms with Crippen molar-refractivity contribution in [2.45, 2.75) is 0 Å². The molecule has 0 saturated heterocycles. The van der Waals surface area contributed by atoms with Crippen LogP contribution < -0.4 is 11.1 Å². The molecule has 0 fully saturated rings. The summed E-state index contributed by atoms with van der Waals surface area (Å²) in [5.41, 5.74) is 8.98. The van der Waals surface area contributed by atoms with Crippen LogP contribution in [-0.2, 0) is 4.79 Å². The highest BCUT2D eigenvalue weighted by molar-refractivity contribution is 6.36. The number of rotatable bonds is 1. The first kappa shape index (κ1) is 11.5. The average Bonchev–Trinajstić information content (AvgIpc) is 2.74. The number of amides is 1. The second-order valence-electron chi connectivity index (χ2n) is 4.30. The fourth-order valence-electron chi connectivity index (χ4n) is 2.16. The van der Waals surface area contributed by atoms with Crippen molar-refractivity contribution in [1.82, 2.24) is 0 Å². The lowest BCUT2D eigenvalue weighted by atomic mass is 10.0. The first-order valence-electron chi connectivity index (χ1n) is 5.83. The largest absolute Gasteiger partial charge is 0.398 e. The van der Waals surface area contributed by atoms with Gasteiger partial charge >= 0.3 is 0 Å². The number of para-hydroxylation sites is 1. The minimum atomic E-state index is -0.335. The van der Waals surface area contributed by atoms with E-state index in [1.807, 2.05) is 24.3 Å². The Morgan fingerprint density at radius 1 is 1.05 bits per heavy atom. The second-order valence-corrected chi connectivity index (χ2v) is 4.30. The zero-order valence-corrected chi connectivity index (χ0v) is 9.98. The average molecular weight is 254 g/mol. The van der Waals surface area contributed by atoms with Crippen LogP contribution in [0.1, 0.15) is 11.1 Å². The minimum Gasteiger partial charge on any atom is -0.398 e. The predicted molar refractivity (Wildman–Crippen MR) is 72.5 cm³/mol. The highest BCUT2D eigenvalue weighted by Crippen LogP contribution is 2.34. The quantitative estimate of drug-likeness (QED) is 0.768. The highest BCUT2D eigenvalue weighted by Gasteiger charge is 2.26. The molecule has 1 amide bonds. The van der Waals surface area contributed by atoms with Crippen LogP contribution >= 0.6 is 0 Å². The Labute approximate surface area is 109 Å². The molecule has 0 spiro atoms. The normalized spacial score (nSPS) is 15.9. The van der Waals surface area contributed by atoms with Gasteiger partial charge in [-0.05, 0) is 35.9 Å². The van der Waals surface area contributed by atoms with Crippen LogP contribution in [0.4, 0.5) is 10.1 Å². The lowest BCUT2D eigenvalue weighted by Gasteiger charge is -2.05. The molecule has 2 aromatic rings. The molecule has 0 radical (unpaired) electrons. The number of fused-ring (bicyclic) bond motifs is 1. The Kier molecular flexibility index (Phi) is 2.56. The number of hydrogen-bond donors (Lipinski definition) is 2. The van der Waals surface area contributed by atoms with Gasteiger partial charge in [0.1, 0.15) is 5.82 Å². The Balaban J connectivity index is 2.17. The smallest absolute Gasteiger partial charge is 0.258 e. The molecule has 3 rings (SSSR count). The van der Waals surface area contributed by atoms with Crippen LogP contribution in [0.5, 0.6) is 0 Å². The molecule has 3 nitrogen and oxygen atoms in total. The molecule has 0 aliphatic carbocycles. The van der Waals surface area contributed by atoms with E-state index in [1.165, 1.54) is 12.1 Å². The van der Waals surface area contributed by atoms with E-state index >= 15 is 0 Å². The first-order valence-corrected chi connectivity index (χ1v) is 5.83. The topological polar surface area (TPSA) is 55.1 Å². The van der Waals surface area contributed by atoms with Gasteiger partial charge in [-0.25, -0.2) is 4.39 Å². The van der Waals surface area contributed by atoms with E-state index in [-0.39, 0.29) is 11.7 Å². The number of carbonyl (C=O) groups excluding carboxylic acids is 1. The van der Waals surface area contributed by atoms with Gasteiger partial charge in [0.2, 0.25) is 0 Å². The summed E-state index contributed by atoms with van der Waals surface area (Å²) >= 11 is 0. The Morgan fingerprint density at radius 3 is 2.47 bits per heavy atom. The summed E-state index contributed by atoms with van der Waals surface area (Å²) in [6, 6.07) is 13.1. The maximum Gasteiger partial charge on any atom is 0.258 e. The molecule has 1 aliphatic rings. The Hall–Kier alpha value is -2.62. The van der Waals surface area contributed by atoms with Crippen molar-refractivity contribution >= 4 is 22.9 Å². The second kappa shape index (κ2) is 4.24. The predicted octanol–water partition coefficient (Wildman–Crippen LogP) is 2.60. The van der Waals surface area contributed by atoms with Gasteiger partial charge in [0.15, 0.2) is 0 Å². The monoisotopic (exact) mass is 254 g/mol. The number of nitrogens with two attached hydrogens (primary N) is 1. The third-order valence-corrected chi connectivity index (χ3v) is 3.10. The lowest BCUT2D eigenvalue weighted by molar-refractivity contribution is -0.110. The standard InChI is InChI=1S/C15H11FN2O/c16-10-7-5-9(6-8-10)14(17)13-11-3-1-2-4-12(11)18-15(13)19/h1-8H,17H2,(H,18,19)/b14-13-. The summed E-state index contributed by atoms with van der Waals surface area (Å²) in [5.74, 6) is -0.569. The van der Waals surface area contributed by atoms with Crippen molar-refractivity contribution in [2.24, 2.45) is 5.73 Å². The van der Waals surface area contributed by atoms with Crippen LogP contribution in [0.2, 0.25) is 0 Å². The molecular weight excluding hydrogens is 243 g/mol. The summed E-state index contributed by atoms with van der Waals surface area (Å²) in [6.07, 6.45) is 0. The van der Waals surface area contributed by atoms with E-state index in [2.05, 4.69) is 5.32 Å². The third-order valence-electron chi connectivity index (χ3n) is 3.10. The molecular formula is C15H11FN2O. The van der Waals surface area contributed by atoms with Crippen LogP contribution in [-0.4, -0.2) is 5.91 Å². The van der Waals surface area contributed by atoms with Gasteiger partial charge in [-0.3, -0.25) is 4.79 Å². The summed E-state index contributed by atoms with van der Waals surface area (Å²) in [7, 11) is 0. The van der Waals surface area contributed by atoms with Crippen molar-refractivity contribution in [1.29, 1.82) is 0 Å². The number of anilines is 1. The molecule has 0 atom stereocenters. The van der Waals surface area contributed by atoms with Gasteiger partial charge in [0.05, 0.1) is 11.3 Å². The molecule has 0 aromatic heterocycles. The number of halogens is 1. The SMILES string of the molecule is N/C(=C1\C(=O)Nc2ccccc21)c1ccc(F)cc1. The van der Waals surface area contributed by atoms with Gasteiger partial charge in [0.25, 0.3) is 5.91 Å². The molecule has 0 unspecified atom stereocenters. The molecule has 4 heteroatoms. The Bertz CT molecular complexity index is 690. The molecule has 19 heavy (non-hydrogen) atoms. The zero-order chi connectivity index (χ0) is 13.4. The van der Waals surface area contributed by atoms with Gasteiger partial charge in [-0.1, -0.05) is 18.2 Å². The number of benzene rings is 2. The maximum atomic E-state index is 12.9. The summed E-state index contributed by atoms with van der Waals surface area (Å²) in [6.45, 7) is 0. The summed E-state index contributed by atoms with van der Waals surface area (Å²) in [5, 5.41) is 2.76. The van der Waals surface area contributed by atoms with E-state index in [9.17, 15) is 9.18 Å². The summed E-state index contributed by atoms with van der Waals surface area (Å²) < 4.78 is 12.9. The van der Waals surface area contributed by atoms with Crippen molar-refractivity contribution in [2.75, 3.05) is 5.32 Å². The highest BCUT2D eigenvalue weighted by atomic mass is 19.1. The molecule has 3 N–H and O–H groups in total. The number of carbonyl (C=O) groups is 1. The Morgan fingerprint density at radius 2 is 1.74 bits per heavy atom. The third kappa shape index (κ3) is 1.87. The van der Waals surface area contributed by atoms with E-state index < -0.39 is 0 Å². The zero-order valence-electron chi connectivity index (χ0n) is 9.98. The fourth-order valence-corrected chi connectivity index (χ4v) is 2.16. The molecule has 2 aromatic carbocycles. The van der Waals surface area contributed by atoms with Crippen molar-refractivity contribution in [3.8, 4) is 0 Å². The fraction of sp³-hybridized carbons (Fsp3) is 0. The van der Waals surface area contributed by atoms with Gasteiger partial charge in [-0.2, -0.15) is 0 Å². The van der Waals surface area contributed by atoms with Crippen LogP contribution in [0.25, 0.3) is 11.3 Å². The number of nitrogens with one attached hydrogen (secondary N) is 1. The van der Waals surface area contributed by atoms with Gasteiger partial charge < -0.3 is 11.1 Å². The van der Waals surface area contributed by atoms with Crippen molar-refractivity contribution < 1.29 is 9.18 Å². The van der Waals surface area contributed by atoms with E-state index in [1.54, 1.807) is 12.1 Å². The van der Waals surface area contributed by atoms with Gasteiger partial charge in [0, 0.05) is 11.3 Å². The van der Waals surface area contributed by atoms with E-state index in [4.69, 9.17) is 5.73 Å². The van der Waals surface area contributed by atoms with E-state index in [0.717, 1.165) is 11.3 Å². The molecule has 94 valence electrons.